The predicted molar refractivity (Wildman–Crippen MR) is 123 cm³/mol. The maximum absolute atomic E-state index is 5.66. The van der Waals surface area contributed by atoms with Gasteiger partial charge in [-0.2, -0.15) is 0 Å². The summed E-state index contributed by atoms with van der Waals surface area (Å²) in [7, 11) is 3.45. The third-order valence-corrected chi connectivity index (χ3v) is 4.94. The molecule has 31 heavy (non-hydrogen) atoms. The van der Waals surface area contributed by atoms with Crippen molar-refractivity contribution in [1.29, 1.82) is 0 Å². The van der Waals surface area contributed by atoms with E-state index >= 15 is 0 Å². The van der Waals surface area contributed by atoms with Crippen molar-refractivity contribution in [3.63, 3.8) is 0 Å². The van der Waals surface area contributed by atoms with Crippen molar-refractivity contribution >= 4 is 11.6 Å². The molecule has 0 aliphatic rings. The van der Waals surface area contributed by atoms with Crippen LogP contribution in [0, 0.1) is 0 Å². The molecule has 0 aliphatic heterocycles. The van der Waals surface area contributed by atoms with Crippen molar-refractivity contribution in [1.82, 2.24) is 25.2 Å². The van der Waals surface area contributed by atoms with Crippen LogP contribution < -0.4 is 20.1 Å². The quantitative estimate of drug-likeness (QED) is 0.280. The lowest BCUT2D eigenvalue weighted by molar-refractivity contribution is 0.310. The van der Waals surface area contributed by atoms with Crippen LogP contribution >= 0.6 is 0 Å². The topological polar surface area (TPSA) is 85.1 Å². The number of hydrogen-bond acceptors (Lipinski definition) is 5. The van der Waals surface area contributed by atoms with Crippen LogP contribution in [0.3, 0.4) is 0 Å². The Labute approximate surface area is 183 Å². The summed E-state index contributed by atoms with van der Waals surface area (Å²) in [5.41, 5.74) is 2.11. The zero-order chi connectivity index (χ0) is 21.9. The summed E-state index contributed by atoms with van der Waals surface area (Å²) >= 11 is 0. The van der Waals surface area contributed by atoms with E-state index in [9.17, 15) is 0 Å². The van der Waals surface area contributed by atoms with E-state index in [1.807, 2.05) is 41.8 Å². The minimum absolute atomic E-state index is 0.622. The number of aryl methyl sites for hydroxylation is 2. The molecule has 0 unspecified atom stereocenters. The first-order valence-corrected chi connectivity index (χ1v) is 10.8. The number of nitrogens with one attached hydrogen (secondary N) is 2. The molecule has 3 rings (SSSR count). The smallest absolute Gasteiger partial charge is 0.190 e. The molecule has 0 saturated carbocycles. The Kier molecular flexibility index (Phi) is 8.51. The van der Waals surface area contributed by atoms with Crippen LogP contribution in [0.2, 0.25) is 0 Å². The Morgan fingerprint density at radius 1 is 1.03 bits per heavy atom. The van der Waals surface area contributed by atoms with Crippen LogP contribution in [0.15, 0.2) is 47.6 Å². The minimum Gasteiger partial charge on any atom is -0.493 e. The summed E-state index contributed by atoms with van der Waals surface area (Å²) < 4.78 is 13.0. The number of fused-ring (bicyclic) bond motifs is 1. The number of guanidine groups is 1. The molecule has 8 heteroatoms. The van der Waals surface area contributed by atoms with Gasteiger partial charge in [-0.25, -0.2) is 0 Å². The van der Waals surface area contributed by atoms with E-state index in [1.54, 1.807) is 14.2 Å². The monoisotopic (exact) mass is 424 g/mol. The average Bonchev–Trinajstić information content (AvgIpc) is 3.21. The van der Waals surface area contributed by atoms with Gasteiger partial charge in [0.25, 0.3) is 0 Å². The van der Waals surface area contributed by atoms with E-state index in [0.29, 0.717) is 6.61 Å². The molecule has 0 radical (unpaired) electrons. The van der Waals surface area contributed by atoms with E-state index in [0.717, 1.165) is 67.7 Å². The number of pyridine rings is 1. The van der Waals surface area contributed by atoms with E-state index in [-0.39, 0.29) is 0 Å². The highest BCUT2D eigenvalue weighted by Gasteiger charge is 2.06. The average molecular weight is 425 g/mol. The summed E-state index contributed by atoms with van der Waals surface area (Å²) in [5.74, 6) is 3.36. The largest absolute Gasteiger partial charge is 0.493 e. The number of methoxy groups -OCH3 is 1. The fraction of sp³-hybridized carbons (Fsp3) is 0.435. The molecule has 8 nitrogen and oxygen atoms in total. The molecule has 0 saturated heterocycles. The highest BCUT2D eigenvalue weighted by Crippen LogP contribution is 2.28. The van der Waals surface area contributed by atoms with Gasteiger partial charge in [-0.1, -0.05) is 12.1 Å². The van der Waals surface area contributed by atoms with Crippen molar-refractivity contribution in [2.75, 3.05) is 33.9 Å². The summed E-state index contributed by atoms with van der Waals surface area (Å²) in [6, 6.07) is 12.0. The molecule has 2 aromatic heterocycles. The third-order valence-electron chi connectivity index (χ3n) is 4.94. The molecule has 0 aliphatic carbocycles. The third kappa shape index (κ3) is 6.34. The van der Waals surface area contributed by atoms with Crippen LogP contribution in [-0.2, 0) is 12.8 Å². The maximum atomic E-state index is 5.66. The zero-order valence-corrected chi connectivity index (χ0v) is 18.6. The van der Waals surface area contributed by atoms with Crippen molar-refractivity contribution in [3.05, 3.63) is 54.0 Å². The standard InChI is InChI=1S/C23H32N6O2/c1-4-31-20-17-18(12-13-19(20)30-3)9-7-14-25-23(24-2)26-15-8-11-22-28-27-21-10-5-6-16-29(21)22/h5-6,10,12-13,16-17H,4,7-9,11,14-15H2,1-3H3,(H2,24,25,26). The summed E-state index contributed by atoms with van der Waals surface area (Å²) in [6.07, 6.45) is 5.74. The van der Waals surface area contributed by atoms with E-state index in [1.165, 1.54) is 5.56 Å². The van der Waals surface area contributed by atoms with Gasteiger partial charge in [0.05, 0.1) is 13.7 Å². The van der Waals surface area contributed by atoms with Gasteiger partial charge < -0.3 is 20.1 Å². The van der Waals surface area contributed by atoms with Crippen molar-refractivity contribution in [2.24, 2.45) is 4.99 Å². The van der Waals surface area contributed by atoms with Crippen LogP contribution in [0.1, 0.15) is 31.2 Å². The molecule has 0 bridgehead atoms. The summed E-state index contributed by atoms with van der Waals surface area (Å²) in [6.45, 7) is 4.25. The van der Waals surface area contributed by atoms with Gasteiger partial charge >= 0.3 is 0 Å². The van der Waals surface area contributed by atoms with E-state index < -0.39 is 0 Å². The normalized spacial score (nSPS) is 11.5. The SMILES string of the molecule is CCOc1cc(CCCNC(=NC)NCCCc2nnc3ccccn23)ccc1OC. The molecular formula is C23H32N6O2. The highest BCUT2D eigenvalue weighted by atomic mass is 16.5. The molecule has 0 fully saturated rings. The number of hydrogen-bond donors (Lipinski definition) is 2. The van der Waals surface area contributed by atoms with E-state index in [4.69, 9.17) is 9.47 Å². The number of nitrogens with zero attached hydrogens (tertiary/aromatic N) is 4. The minimum atomic E-state index is 0.622. The van der Waals surface area contributed by atoms with Gasteiger partial charge in [-0.15, -0.1) is 10.2 Å². The van der Waals surface area contributed by atoms with Gasteiger partial charge in [0.2, 0.25) is 0 Å². The second kappa shape index (κ2) is 11.8. The summed E-state index contributed by atoms with van der Waals surface area (Å²) in [4.78, 5) is 4.30. The molecule has 0 atom stereocenters. The Morgan fingerprint density at radius 3 is 2.58 bits per heavy atom. The number of rotatable bonds is 11. The Balaban J connectivity index is 1.36. The van der Waals surface area contributed by atoms with Crippen LogP contribution in [0.5, 0.6) is 11.5 Å². The van der Waals surface area contributed by atoms with E-state index in [2.05, 4.69) is 38.0 Å². The Hall–Kier alpha value is -3.29. The van der Waals surface area contributed by atoms with Crippen LogP contribution in [0.25, 0.3) is 5.65 Å². The lowest BCUT2D eigenvalue weighted by atomic mass is 10.1. The fourth-order valence-electron chi connectivity index (χ4n) is 3.38. The van der Waals surface area contributed by atoms with Crippen LogP contribution in [-0.4, -0.2) is 54.4 Å². The van der Waals surface area contributed by atoms with Gasteiger partial charge in [0, 0.05) is 32.8 Å². The fourth-order valence-corrected chi connectivity index (χ4v) is 3.38. The van der Waals surface area contributed by atoms with Gasteiger partial charge in [0.1, 0.15) is 5.82 Å². The number of aromatic nitrogens is 3. The van der Waals surface area contributed by atoms with Crippen molar-refractivity contribution in [2.45, 2.75) is 32.6 Å². The molecule has 166 valence electrons. The molecule has 1 aromatic carbocycles. The van der Waals surface area contributed by atoms with Gasteiger partial charge in [-0.3, -0.25) is 9.39 Å². The molecule has 2 N–H and O–H groups in total. The number of ether oxygens (including phenoxy) is 2. The number of benzene rings is 1. The molecule has 0 spiro atoms. The van der Waals surface area contributed by atoms with Crippen molar-refractivity contribution in [3.8, 4) is 11.5 Å². The highest BCUT2D eigenvalue weighted by molar-refractivity contribution is 5.79. The number of aliphatic imine (C=N–C) groups is 1. The first-order valence-electron chi connectivity index (χ1n) is 10.8. The van der Waals surface area contributed by atoms with Gasteiger partial charge in [0.15, 0.2) is 23.1 Å². The second-order valence-electron chi connectivity index (χ2n) is 7.10. The predicted octanol–water partition coefficient (Wildman–Crippen LogP) is 2.87. The lowest BCUT2D eigenvalue weighted by Crippen LogP contribution is -2.38. The molecule has 0 amide bonds. The maximum Gasteiger partial charge on any atom is 0.190 e. The van der Waals surface area contributed by atoms with Crippen LogP contribution in [0.4, 0.5) is 0 Å². The first-order chi connectivity index (χ1) is 15.2. The molecule has 3 aromatic rings. The molecular weight excluding hydrogens is 392 g/mol. The van der Waals surface area contributed by atoms with Crippen molar-refractivity contribution < 1.29 is 9.47 Å². The van der Waals surface area contributed by atoms with Gasteiger partial charge in [-0.05, 0) is 56.0 Å². The Bertz CT molecular complexity index is 985. The zero-order valence-electron chi connectivity index (χ0n) is 18.6. The first kappa shape index (κ1) is 22.4. The summed E-state index contributed by atoms with van der Waals surface area (Å²) in [5, 5.41) is 15.2. The Morgan fingerprint density at radius 2 is 1.84 bits per heavy atom. The molecule has 2 heterocycles. The second-order valence-corrected chi connectivity index (χ2v) is 7.10. The lowest BCUT2D eigenvalue weighted by Gasteiger charge is -2.13.